The second-order valence-electron chi connectivity index (χ2n) is 2.86. The molecule has 0 bridgehead atoms. The lowest BCUT2D eigenvalue weighted by molar-refractivity contribution is 0.194. The third-order valence-corrected chi connectivity index (χ3v) is 2.37. The quantitative estimate of drug-likeness (QED) is 0.883. The number of aliphatic hydroxyl groups is 1. The Kier molecular flexibility index (Phi) is 3.69. The van der Waals surface area contributed by atoms with Gasteiger partial charge in [0.25, 0.3) is 0 Å². The van der Waals surface area contributed by atoms with E-state index in [1.54, 1.807) is 26.4 Å². The summed E-state index contributed by atoms with van der Waals surface area (Å²) < 4.78 is 5.99. The fraction of sp³-hybridized carbons (Fsp3) is 0.444. The first kappa shape index (κ1) is 10.5. The van der Waals surface area contributed by atoms with E-state index in [4.69, 9.17) is 4.74 Å². The van der Waals surface area contributed by atoms with Crippen molar-refractivity contribution < 1.29 is 9.84 Å². The molecule has 0 saturated heterocycles. The zero-order valence-corrected chi connectivity index (χ0v) is 9.21. The molecule has 4 heteroatoms. The van der Waals surface area contributed by atoms with Gasteiger partial charge in [0.15, 0.2) is 0 Å². The molecular formula is C9H12BrNO2. The van der Waals surface area contributed by atoms with Crippen LogP contribution in [-0.2, 0) is 6.42 Å². The third kappa shape index (κ3) is 2.67. The van der Waals surface area contributed by atoms with Crippen molar-refractivity contribution in [3.05, 3.63) is 22.4 Å². The number of pyridine rings is 1. The van der Waals surface area contributed by atoms with Gasteiger partial charge in [0.1, 0.15) is 5.75 Å². The molecule has 3 nitrogen and oxygen atoms in total. The summed E-state index contributed by atoms with van der Waals surface area (Å²) in [5.41, 5.74) is 0.951. The Bertz CT molecular complexity index is 289. The van der Waals surface area contributed by atoms with Gasteiger partial charge in [0.05, 0.1) is 19.4 Å². The SMILES string of the molecule is COc1cncc(Br)c1CC(C)O. The molecule has 1 N–H and O–H groups in total. The monoisotopic (exact) mass is 245 g/mol. The molecule has 1 heterocycles. The van der Waals surface area contributed by atoms with E-state index in [0.29, 0.717) is 12.2 Å². The van der Waals surface area contributed by atoms with E-state index >= 15 is 0 Å². The second-order valence-corrected chi connectivity index (χ2v) is 3.71. The lowest BCUT2D eigenvalue weighted by Gasteiger charge is -2.10. The van der Waals surface area contributed by atoms with E-state index in [9.17, 15) is 5.11 Å². The van der Waals surface area contributed by atoms with E-state index in [0.717, 1.165) is 10.0 Å². The molecule has 13 heavy (non-hydrogen) atoms. The summed E-state index contributed by atoms with van der Waals surface area (Å²) in [6.07, 6.45) is 3.52. The first-order valence-corrected chi connectivity index (χ1v) is 4.79. The highest BCUT2D eigenvalue weighted by molar-refractivity contribution is 9.10. The fourth-order valence-corrected chi connectivity index (χ4v) is 1.59. The largest absolute Gasteiger partial charge is 0.495 e. The minimum atomic E-state index is -0.382. The molecule has 0 aliphatic carbocycles. The van der Waals surface area contributed by atoms with Crippen LogP contribution in [0.25, 0.3) is 0 Å². The highest BCUT2D eigenvalue weighted by atomic mass is 79.9. The van der Waals surface area contributed by atoms with Crippen molar-refractivity contribution in [1.29, 1.82) is 0 Å². The van der Waals surface area contributed by atoms with Crippen molar-refractivity contribution >= 4 is 15.9 Å². The summed E-state index contributed by atoms with van der Waals surface area (Å²) in [6, 6.07) is 0. The summed E-state index contributed by atoms with van der Waals surface area (Å²) in [4.78, 5) is 3.97. The van der Waals surface area contributed by atoms with Gasteiger partial charge in [-0.1, -0.05) is 0 Å². The zero-order valence-electron chi connectivity index (χ0n) is 7.62. The molecule has 0 amide bonds. The molecule has 0 aliphatic rings. The van der Waals surface area contributed by atoms with Gasteiger partial charge in [0, 0.05) is 22.7 Å². The molecule has 0 aliphatic heterocycles. The molecule has 1 aromatic heterocycles. The molecule has 0 aromatic carbocycles. The van der Waals surface area contributed by atoms with Crippen LogP contribution in [-0.4, -0.2) is 23.3 Å². The standard InChI is InChI=1S/C9H12BrNO2/c1-6(12)3-7-8(10)4-11-5-9(7)13-2/h4-6,12H,3H2,1-2H3. The Balaban J connectivity index is 3.00. The van der Waals surface area contributed by atoms with Gasteiger partial charge in [0.2, 0.25) is 0 Å². The van der Waals surface area contributed by atoms with Crippen LogP contribution < -0.4 is 4.74 Å². The maximum Gasteiger partial charge on any atom is 0.141 e. The molecule has 1 rings (SSSR count). The van der Waals surface area contributed by atoms with E-state index < -0.39 is 0 Å². The van der Waals surface area contributed by atoms with Gasteiger partial charge in [-0.15, -0.1) is 0 Å². The van der Waals surface area contributed by atoms with E-state index in [1.807, 2.05) is 0 Å². The first-order valence-electron chi connectivity index (χ1n) is 3.99. The number of aliphatic hydroxyl groups excluding tert-OH is 1. The highest BCUT2D eigenvalue weighted by Crippen LogP contribution is 2.26. The Morgan fingerprint density at radius 2 is 2.31 bits per heavy atom. The van der Waals surface area contributed by atoms with Gasteiger partial charge in [-0.3, -0.25) is 4.98 Å². The summed E-state index contributed by atoms with van der Waals surface area (Å²) >= 11 is 3.36. The molecule has 1 aromatic rings. The Hall–Kier alpha value is -0.610. The topological polar surface area (TPSA) is 42.4 Å². The van der Waals surface area contributed by atoms with Crippen LogP contribution in [0.2, 0.25) is 0 Å². The summed E-state index contributed by atoms with van der Waals surface area (Å²) in [5.74, 6) is 0.704. The average molecular weight is 246 g/mol. The molecule has 72 valence electrons. The number of nitrogens with zero attached hydrogens (tertiary/aromatic N) is 1. The minimum absolute atomic E-state index is 0.382. The molecule has 1 unspecified atom stereocenters. The second kappa shape index (κ2) is 4.58. The normalized spacial score (nSPS) is 12.6. The van der Waals surface area contributed by atoms with Crippen LogP contribution in [0.1, 0.15) is 12.5 Å². The molecular weight excluding hydrogens is 234 g/mol. The number of aromatic nitrogens is 1. The number of rotatable bonds is 3. The summed E-state index contributed by atoms with van der Waals surface area (Å²) in [5, 5.41) is 9.25. The van der Waals surface area contributed by atoms with Crippen molar-refractivity contribution in [3.8, 4) is 5.75 Å². The average Bonchev–Trinajstić information content (AvgIpc) is 2.08. The van der Waals surface area contributed by atoms with Crippen molar-refractivity contribution in [1.82, 2.24) is 4.98 Å². The minimum Gasteiger partial charge on any atom is -0.495 e. The van der Waals surface area contributed by atoms with Gasteiger partial charge < -0.3 is 9.84 Å². The number of halogens is 1. The third-order valence-electron chi connectivity index (χ3n) is 1.68. The van der Waals surface area contributed by atoms with E-state index in [-0.39, 0.29) is 6.10 Å². The van der Waals surface area contributed by atoms with Gasteiger partial charge >= 0.3 is 0 Å². The van der Waals surface area contributed by atoms with Crippen molar-refractivity contribution in [2.24, 2.45) is 0 Å². The summed E-state index contributed by atoms with van der Waals surface area (Å²) in [7, 11) is 1.59. The predicted molar refractivity (Wildman–Crippen MR) is 53.9 cm³/mol. The molecule has 0 fully saturated rings. The van der Waals surface area contributed by atoms with Crippen LogP contribution >= 0.6 is 15.9 Å². The molecule has 0 spiro atoms. The van der Waals surface area contributed by atoms with Gasteiger partial charge in [-0.05, 0) is 22.9 Å². The van der Waals surface area contributed by atoms with E-state index in [2.05, 4.69) is 20.9 Å². The van der Waals surface area contributed by atoms with Gasteiger partial charge in [-0.2, -0.15) is 0 Å². The summed E-state index contributed by atoms with van der Waals surface area (Å²) in [6.45, 7) is 1.74. The zero-order chi connectivity index (χ0) is 9.84. The van der Waals surface area contributed by atoms with Gasteiger partial charge in [-0.25, -0.2) is 0 Å². The number of hydrogen-bond donors (Lipinski definition) is 1. The Morgan fingerprint density at radius 3 is 2.85 bits per heavy atom. The van der Waals surface area contributed by atoms with Crippen LogP contribution in [0.15, 0.2) is 16.9 Å². The molecule has 1 atom stereocenters. The Labute approximate surface area is 85.9 Å². The van der Waals surface area contributed by atoms with Crippen LogP contribution in [0.3, 0.4) is 0 Å². The molecule has 0 saturated carbocycles. The van der Waals surface area contributed by atoms with E-state index in [1.165, 1.54) is 0 Å². The lowest BCUT2D eigenvalue weighted by Crippen LogP contribution is -2.06. The van der Waals surface area contributed by atoms with Crippen molar-refractivity contribution in [3.63, 3.8) is 0 Å². The number of methoxy groups -OCH3 is 1. The van der Waals surface area contributed by atoms with Crippen LogP contribution in [0.5, 0.6) is 5.75 Å². The van der Waals surface area contributed by atoms with Crippen molar-refractivity contribution in [2.45, 2.75) is 19.4 Å². The maximum atomic E-state index is 9.25. The van der Waals surface area contributed by atoms with Crippen molar-refractivity contribution in [2.75, 3.05) is 7.11 Å². The highest BCUT2D eigenvalue weighted by Gasteiger charge is 2.09. The lowest BCUT2D eigenvalue weighted by atomic mass is 10.1. The van der Waals surface area contributed by atoms with Crippen LogP contribution in [0, 0.1) is 0 Å². The Morgan fingerprint density at radius 1 is 1.62 bits per heavy atom. The molecule has 0 radical (unpaired) electrons. The number of hydrogen-bond acceptors (Lipinski definition) is 3. The predicted octanol–water partition coefficient (Wildman–Crippen LogP) is 1.78. The maximum absolute atomic E-state index is 9.25. The smallest absolute Gasteiger partial charge is 0.141 e. The number of ether oxygens (including phenoxy) is 1. The van der Waals surface area contributed by atoms with Crippen LogP contribution in [0.4, 0.5) is 0 Å². The fourth-order valence-electron chi connectivity index (χ4n) is 1.11. The first-order chi connectivity index (χ1) is 6.15.